The van der Waals surface area contributed by atoms with E-state index in [2.05, 4.69) is 20.1 Å². The van der Waals surface area contributed by atoms with Gasteiger partial charge in [0.2, 0.25) is 5.91 Å². The number of alkyl halides is 3. The van der Waals surface area contributed by atoms with Crippen LogP contribution in [0.5, 0.6) is 5.75 Å². The summed E-state index contributed by atoms with van der Waals surface area (Å²) in [6, 6.07) is 12.9. The number of nitrogens with one attached hydrogen (secondary N) is 1. The lowest BCUT2D eigenvalue weighted by Gasteiger charge is -2.10. The van der Waals surface area contributed by atoms with Crippen molar-refractivity contribution in [1.29, 1.82) is 0 Å². The summed E-state index contributed by atoms with van der Waals surface area (Å²) in [6.45, 7) is 0.924. The van der Waals surface area contributed by atoms with Gasteiger partial charge in [-0.1, -0.05) is 36.4 Å². The summed E-state index contributed by atoms with van der Waals surface area (Å²) in [6.07, 6.45) is -1.59. The molecule has 1 amide bonds. The lowest BCUT2D eigenvalue weighted by molar-refractivity contribution is -0.274. The Balaban J connectivity index is 1.50. The second kappa shape index (κ2) is 8.55. The molecule has 0 aliphatic carbocycles. The quantitative estimate of drug-likeness (QED) is 0.673. The fraction of sp³-hybridized carbons (Fsp3) is 0.211. The zero-order valence-corrected chi connectivity index (χ0v) is 14.7. The highest BCUT2D eigenvalue weighted by atomic mass is 19.4. The van der Waals surface area contributed by atoms with E-state index in [1.54, 1.807) is 11.0 Å². The zero-order valence-electron chi connectivity index (χ0n) is 14.7. The van der Waals surface area contributed by atoms with Crippen molar-refractivity contribution in [1.82, 2.24) is 20.1 Å². The number of nitrogens with zero attached hydrogens (tertiary/aromatic N) is 3. The summed E-state index contributed by atoms with van der Waals surface area (Å²) >= 11 is 0. The maximum absolute atomic E-state index is 12.2. The zero-order chi connectivity index (χ0) is 20.0. The Hall–Kier alpha value is -3.36. The number of carbonyl (C=O) groups is 1. The molecule has 3 aromatic rings. The van der Waals surface area contributed by atoms with Crippen LogP contribution in [0.25, 0.3) is 0 Å². The number of amides is 1. The molecule has 1 heterocycles. The first kappa shape index (κ1) is 19.4. The Kier molecular flexibility index (Phi) is 5.93. The van der Waals surface area contributed by atoms with E-state index in [1.807, 2.05) is 24.3 Å². The van der Waals surface area contributed by atoms with Crippen LogP contribution >= 0.6 is 0 Å². The minimum atomic E-state index is -4.73. The van der Waals surface area contributed by atoms with Crippen LogP contribution < -0.4 is 10.1 Å². The average molecular weight is 390 g/mol. The van der Waals surface area contributed by atoms with Crippen LogP contribution in [-0.4, -0.2) is 27.0 Å². The molecule has 1 aromatic heterocycles. The first-order chi connectivity index (χ1) is 13.4. The van der Waals surface area contributed by atoms with Crippen LogP contribution in [0.15, 0.2) is 61.2 Å². The topological polar surface area (TPSA) is 69.0 Å². The highest BCUT2D eigenvalue weighted by molar-refractivity contribution is 5.78. The molecule has 3 rings (SSSR count). The summed E-state index contributed by atoms with van der Waals surface area (Å²) in [4.78, 5) is 16.0. The SMILES string of the molecule is O=C(Cc1ccc(OC(F)(F)F)cc1)NCc1cccc(Cn2cncn2)c1. The molecule has 28 heavy (non-hydrogen) atoms. The van der Waals surface area contributed by atoms with Crippen LogP contribution in [0, 0.1) is 0 Å². The minimum Gasteiger partial charge on any atom is -0.406 e. The Morgan fingerprint density at radius 1 is 1.07 bits per heavy atom. The third-order valence-electron chi connectivity index (χ3n) is 3.81. The molecule has 0 aliphatic rings. The molecule has 146 valence electrons. The number of benzene rings is 2. The molecule has 0 spiro atoms. The van der Waals surface area contributed by atoms with Gasteiger partial charge in [0.15, 0.2) is 0 Å². The monoisotopic (exact) mass is 390 g/mol. The number of carbonyl (C=O) groups excluding carboxylic acids is 1. The summed E-state index contributed by atoms with van der Waals surface area (Å²) in [5, 5.41) is 6.85. The van der Waals surface area contributed by atoms with Gasteiger partial charge in [0.25, 0.3) is 0 Å². The number of aromatic nitrogens is 3. The van der Waals surface area contributed by atoms with Gasteiger partial charge in [0.1, 0.15) is 18.4 Å². The molecular weight excluding hydrogens is 373 g/mol. The van der Waals surface area contributed by atoms with Gasteiger partial charge >= 0.3 is 6.36 Å². The second-order valence-corrected chi connectivity index (χ2v) is 6.06. The first-order valence-corrected chi connectivity index (χ1v) is 8.39. The van der Waals surface area contributed by atoms with Gasteiger partial charge in [-0.3, -0.25) is 4.79 Å². The second-order valence-electron chi connectivity index (χ2n) is 6.06. The van der Waals surface area contributed by atoms with Crippen molar-refractivity contribution in [2.24, 2.45) is 0 Å². The summed E-state index contributed by atoms with van der Waals surface area (Å²) in [5.41, 5.74) is 2.55. The van der Waals surface area contributed by atoms with Gasteiger partial charge in [0, 0.05) is 6.54 Å². The molecule has 0 unspecified atom stereocenters. The molecule has 2 aromatic carbocycles. The van der Waals surface area contributed by atoms with E-state index < -0.39 is 6.36 Å². The van der Waals surface area contributed by atoms with Crippen LogP contribution in [0.3, 0.4) is 0 Å². The predicted octanol–water partition coefficient (Wildman–Crippen LogP) is 3.08. The molecule has 9 heteroatoms. The summed E-state index contributed by atoms with van der Waals surface area (Å²) in [7, 11) is 0. The first-order valence-electron chi connectivity index (χ1n) is 8.39. The highest BCUT2D eigenvalue weighted by Gasteiger charge is 2.30. The molecule has 0 atom stereocenters. The number of hydrogen-bond donors (Lipinski definition) is 1. The van der Waals surface area contributed by atoms with Crippen LogP contribution in [-0.2, 0) is 24.3 Å². The van der Waals surface area contributed by atoms with Crippen molar-refractivity contribution in [3.63, 3.8) is 0 Å². The van der Waals surface area contributed by atoms with Gasteiger partial charge in [0.05, 0.1) is 13.0 Å². The lowest BCUT2D eigenvalue weighted by atomic mass is 10.1. The van der Waals surface area contributed by atoms with Crippen molar-refractivity contribution < 1.29 is 22.7 Å². The van der Waals surface area contributed by atoms with E-state index in [4.69, 9.17) is 0 Å². The molecule has 0 saturated carbocycles. The molecule has 0 radical (unpaired) electrons. The molecule has 6 nitrogen and oxygen atoms in total. The molecular formula is C19H17F3N4O2. The van der Waals surface area contributed by atoms with Crippen LogP contribution in [0.2, 0.25) is 0 Å². The Morgan fingerprint density at radius 3 is 2.50 bits per heavy atom. The Bertz CT molecular complexity index is 910. The van der Waals surface area contributed by atoms with E-state index in [0.29, 0.717) is 18.7 Å². The summed E-state index contributed by atoms with van der Waals surface area (Å²) in [5.74, 6) is -0.549. The van der Waals surface area contributed by atoms with Gasteiger partial charge in [-0.2, -0.15) is 5.10 Å². The maximum Gasteiger partial charge on any atom is 0.573 e. The van der Waals surface area contributed by atoms with Crippen LogP contribution in [0.1, 0.15) is 16.7 Å². The van der Waals surface area contributed by atoms with E-state index in [0.717, 1.165) is 11.1 Å². The van der Waals surface area contributed by atoms with Gasteiger partial charge in [-0.05, 0) is 28.8 Å². The Labute approximate surface area is 159 Å². The van der Waals surface area contributed by atoms with E-state index >= 15 is 0 Å². The van der Waals surface area contributed by atoms with E-state index in [-0.39, 0.29) is 18.1 Å². The van der Waals surface area contributed by atoms with E-state index in [9.17, 15) is 18.0 Å². The van der Waals surface area contributed by atoms with Crippen molar-refractivity contribution in [3.05, 3.63) is 77.9 Å². The highest BCUT2D eigenvalue weighted by Crippen LogP contribution is 2.22. The number of rotatable bonds is 7. The Morgan fingerprint density at radius 2 is 1.82 bits per heavy atom. The minimum absolute atomic E-state index is 0.0605. The smallest absolute Gasteiger partial charge is 0.406 e. The predicted molar refractivity (Wildman–Crippen MR) is 94.2 cm³/mol. The third kappa shape index (κ3) is 6.11. The number of hydrogen-bond acceptors (Lipinski definition) is 4. The van der Waals surface area contributed by atoms with Gasteiger partial charge in [-0.15, -0.1) is 13.2 Å². The molecule has 0 bridgehead atoms. The molecule has 0 saturated heterocycles. The van der Waals surface area contributed by atoms with Crippen molar-refractivity contribution in [3.8, 4) is 5.75 Å². The third-order valence-corrected chi connectivity index (χ3v) is 3.81. The fourth-order valence-electron chi connectivity index (χ4n) is 2.60. The largest absolute Gasteiger partial charge is 0.573 e. The average Bonchev–Trinajstić information content (AvgIpc) is 3.14. The maximum atomic E-state index is 12.2. The molecule has 0 fully saturated rings. The van der Waals surface area contributed by atoms with Crippen molar-refractivity contribution in [2.45, 2.75) is 25.9 Å². The molecule has 1 N–H and O–H groups in total. The fourth-order valence-corrected chi connectivity index (χ4v) is 2.60. The van der Waals surface area contributed by atoms with Crippen molar-refractivity contribution in [2.75, 3.05) is 0 Å². The van der Waals surface area contributed by atoms with E-state index in [1.165, 1.54) is 30.6 Å². The normalized spacial score (nSPS) is 11.2. The van der Waals surface area contributed by atoms with Gasteiger partial charge in [-0.25, -0.2) is 9.67 Å². The number of ether oxygens (including phenoxy) is 1. The standard InChI is InChI=1S/C19H17F3N4O2/c20-19(21,22)28-17-6-4-14(5-7-17)9-18(27)24-10-15-2-1-3-16(8-15)11-26-13-23-12-25-26/h1-8,12-13H,9-11H2,(H,24,27). The summed E-state index contributed by atoms with van der Waals surface area (Å²) < 4.78 is 42.0. The van der Waals surface area contributed by atoms with Crippen molar-refractivity contribution >= 4 is 5.91 Å². The molecule has 0 aliphatic heterocycles. The number of halogens is 3. The van der Waals surface area contributed by atoms with Crippen LogP contribution in [0.4, 0.5) is 13.2 Å². The van der Waals surface area contributed by atoms with Gasteiger partial charge < -0.3 is 10.1 Å². The lowest BCUT2D eigenvalue weighted by Crippen LogP contribution is -2.24.